The van der Waals surface area contributed by atoms with E-state index in [9.17, 15) is 28.8 Å². The number of nitrogens with zero attached hydrogens (tertiary/aromatic N) is 8. The van der Waals surface area contributed by atoms with Crippen LogP contribution < -0.4 is 31.9 Å². The first-order valence-electron chi connectivity index (χ1n) is 28.0. The molecule has 2 aromatic carbocycles. The predicted octanol–water partition coefficient (Wildman–Crippen LogP) is 4.37. The van der Waals surface area contributed by atoms with E-state index in [1.54, 1.807) is 37.7 Å². The summed E-state index contributed by atoms with van der Waals surface area (Å²) in [5.41, 5.74) is 2.98. The lowest BCUT2D eigenvalue weighted by Gasteiger charge is -2.36. The Kier molecular flexibility index (Phi) is 19.8. The molecule has 8 rings (SSSR count). The lowest BCUT2D eigenvalue weighted by atomic mass is 9.98. The molecule has 20 heteroatoms. The lowest BCUT2D eigenvalue weighted by molar-refractivity contribution is -0.144. The molecule has 4 fully saturated rings. The smallest absolute Gasteiger partial charge is 0.246 e. The van der Waals surface area contributed by atoms with Crippen molar-refractivity contribution in [2.45, 2.75) is 203 Å². The molecule has 4 aliphatic heterocycles. The van der Waals surface area contributed by atoms with Crippen LogP contribution in [0.15, 0.2) is 73.1 Å². The van der Waals surface area contributed by atoms with E-state index in [0.717, 1.165) is 101 Å². The van der Waals surface area contributed by atoms with E-state index in [1.165, 1.54) is 0 Å². The van der Waals surface area contributed by atoms with Gasteiger partial charge in [-0.05, 0) is 103 Å². The molecule has 20 nitrogen and oxygen atoms in total. The quantitative estimate of drug-likeness (QED) is 0.0568. The van der Waals surface area contributed by atoms with E-state index >= 15 is 0 Å². The maximum Gasteiger partial charge on any atom is 0.246 e. The van der Waals surface area contributed by atoms with Gasteiger partial charge in [0.05, 0.1) is 36.6 Å². The van der Waals surface area contributed by atoms with Crippen molar-refractivity contribution in [3.05, 3.63) is 95.6 Å². The Hall–Kier alpha value is -6.54. The topological polar surface area (TPSA) is 242 Å². The van der Waals surface area contributed by atoms with Crippen LogP contribution in [0.5, 0.6) is 0 Å². The van der Waals surface area contributed by atoms with Crippen molar-refractivity contribution in [2.24, 2.45) is 0 Å². The summed E-state index contributed by atoms with van der Waals surface area (Å²) in [5, 5.41) is 36.3. The number of nitrogens with one attached hydrogen (secondary N) is 6. The number of carbonyl (C=O) groups excluding carboxylic acids is 6. The highest BCUT2D eigenvalue weighted by Gasteiger charge is 2.46. The number of likely N-dealkylation sites (N-methyl/N-ethyl adjacent to an activating group) is 2. The monoisotopic (exact) mass is 1040 g/mol. The van der Waals surface area contributed by atoms with Crippen molar-refractivity contribution in [1.29, 1.82) is 0 Å². The summed E-state index contributed by atoms with van der Waals surface area (Å²) < 4.78 is 3.67. The molecular weight excluding hydrogens is 965 g/mol. The van der Waals surface area contributed by atoms with Crippen LogP contribution in [0.4, 0.5) is 0 Å². The van der Waals surface area contributed by atoms with Gasteiger partial charge in [-0.1, -0.05) is 122 Å². The fraction of sp³-hybridized carbons (Fsp3) is 0.607. The largest absolute Gasteiger partial charge is 0.343 e. The molecule has 410 valence electrons. The van der Waals surface area contributed by atoms with E-state index in [2.05, 4.69) is 52.5 Å². The van der Waals surface area contributed by atoms with Gasteiger partial charge in [0.1, 0.15) is 35.6 Å². The number of benzene rings is 2. The van der Waals surface area contributed by atoms with Crippen molar-refractivity contribution in [3.63, 3.8) is 0 Å². The minimum absolute atomic E-state index is 0.0499. The Morgan fingerprint density at radius 1 is 0.526 bits per heavy atom. The highest BCUT2D eigenvalue weighted by Crippen LogP contribution is 2.34. The molecule has 6 amide bonds. The van der Waals surface area contributed by atoms with Gasteiger partial charge in [0.15, 0.2) is 0 Å². The van der Waals surface area contributed by atoms with Gasteiger partial charge in [0.25, 0.3) is 0 Å². The van der Waals surface area contributed by atoms with E-state index in [0.29, 0.717) is 50.2 Å². The summed E-state index contributed by atoms with van der Waals surface area (Å²) in [5.74, 6) is -1.33. The van der Waals surface area contributed by atoms with Crippen molar-refractivity contribution in [2.75, 3.05) is 14.1 Å². The van der Waals surface area contributed by atoms with Gasteiger partial charge in [-0.25, -0.2) is 0 Å². The molecule has 6 N–H and O–H groups in total. The highest BCUT2D eigenvalue weighted by molar-refractivity contribution is 5.95. The number of unbranched alkanes of at least 4 members (excludes halogenated alkanes) is 5. The van der Waals surface area contributed by atoms with Crippen molar-refractivity contribution in [1.82, 2.24) is 71.7 Å². The third-order valence-electron chi connectivity index (χ3n) is 16.1. The average molecular weight is 1050 g/mol. The molecule has 0 saturated carbocycles. The van der Waals surface area contributed by atoms with Crippen molar-refractivity contribution < 1.29 is 28.8 Å². The molecule has 76 heavy (non-hydrogen) atoms. The fourth-order valence-corrected chi connectivity index (χ4v) is 11.5. The molecule has 0 radical (unpaired) electrons. The first kappa shape index (κ1) is 55.7. The number of carbonyl (C=O) groups is 6. The summed E-state index contributed by atoms with van der Waals surface area (Å²) in [6, 6.07) is 14.6. The summed E-state index contributed by atoms with van der Waals surface area (Å²) in [4.78, 5) is 85.9. The third kappa shape index (κ3) is 13.9. The fourth-order valence-electron chi connectivity index (χ4n) is 11.5. The van der Waals surface area contributed by atoms with E-state index in [1.807, 2.05) is 82.4 Å². The molecule has 0 spiro atoms. The Morgan fingerprint density at radius 2 is 0.908 bits per heavy atom. The first-order chi connectivity index (χ1) is 36.9. The van der Waals surface area contributed by atoms with Crippen LogP contribution in [0.2, 0.25) is 0 Å². The average Bonchev–Trinajstić information content (AvgIpc) is 4.30. The van der Waals surface area contributed by atoms with Gasteiger partial charge in [-0.15, -0.1) is 10.2 Å². The molecule has 10 atom stereocenters. The van der Waals surface area contributed by atoms with E-state index in [4.69, 9.17) is 0 Å². The molecule has 4 saturated heterocycles. The van der Waals surface area contributed by atoms with Crippen LogP contribution in [-0.2, 0) is 41.9 Å². The summed E-state index contributed by atoms with van der Waals surface area (Å²) in [7, 11) is 3.42. The molecule has 4 aromatic rings. The molecule has 0 unspecified atom stereocenters. The van der Waals surface area contributed by atoms with Crippen LogP contribution in [0, 0.1) is 0 Å². The Morgan fingerprint density at radius 3 is 1.30 bits per heavy atom. The minimum atomic E-state index is -0.677. The summed E-state index contributed by atoms with van der Waals surface area (Å²) in [6.07, 6.45) is 18.6. The maximum absolute atomic E-state index is 14.3. The van der Waals surface area contributed by atoms with E-state index in [-0.39, 0.29) is 47.5 Å². The Balaban J connectivity index is 0.806. The minimum Gasteiger partial charge on any atom is -0.343 e. The van der Waals surface area contributed by atoms with Gasteiger partial charge in [0, 0.05) is 25.2 Å². The zero-order valence-corrected chi connectivity index (χ0v) is 44.9. The third-order valence-corrected chi connectivity index (χ3v) is 16.1. The molecule has 2 aromatic heterocycles. The predicted molar refractivity (Wildman–Crippen MR) is 286 cm³/mol. The normalized spacial score (nSPS) is 23.4. The molecule has 6 heterocycles. The van der Waals surface area contributed by atoms with Crippen molar-refractivity contribution >= 4 is 35.4 Å². The second-order valence-electron chi connectivity index (χ2n) is 21.3. The van der Waals surface area contributed by atoms with Gasteiger partial charge >= 0.3 is 0 Å². The summed E-state index contributed by atoms with van der Waals surface area (Å²) in [6.45, 7) is 4.88. The number of hydrogen-bond acceptors (Lipinski definition) is 12. The van der Waals surface area contributed by atoms with Crippen LogP contribution in [-0.4, -0.2) is 138 Å². The zero-order valence-electron chi connectivity index (χ0n) is 44.9. The molecule has 4 aliphatic rings. The number of aryl methyl sites for hydroxylation is 2. The summed E-state index contributed by atoms with van der Waals surface area (Å²) >= 11 is 0. The van der Waals surface area contributed by atoms with Crippen molar-refractivity contribution in [3.8, 4) is 0 Å². The molecule has 0 bridgehead atoms. The van der Waals surface area contributed by atoms with Gasteiger partial charge in [-0.2, -0.15) is 0 Å². The number of amides is 6. The second kappa shape index (κ2) is 27.0. The van der Waals surface area contributed by atoms with Gasteiger partial charge in [0.2, 0.25) is 35.4 Å². The van der Waals surface area contributed by atoms with E-state index < -0.39 is 48.3 Å². The number of aromatic nitrogens is 6. The standard InChI is InChI=1S/C56H80N14O6/c1-37(57-3)51(71)59-43-27-17-15-25-41-29-31-47(69(41)55(43)75)53(73)61-49(39-21-11-9-12-22-39)45-35-67(65-63-45)33-19-7-5-6-8-20-34-68-36-46(64-66-68)50(40-23-13-10-14-24-40)62-54(74)48-32-30-42-26-16-18-28-44(56(76)70(42)48)60-52(72)38(2)58-4/h9-14,21-24,35-38,41-44,47-50,57-58H,5-8,15-20,25-34H2,1-4H3,(H,59,71)(H,60,72)(H,61,73)(H,62,74)/t37-,38-,41-,42-,43-,44-,47-,48-,49-,50-/m0/s1. The zero-order chi connectivity index (χ0) is 53.6. The number of fused-ring (bicyclic) bond motifs is 2. The SMILES string of the molecule is CN[C@@H](C)C(=O)N[C@H]1CCCC[C@H]2CC[C@@H](C(=O)N[C@@H](c3ccccc3)c3cn(CCCCCCCCn4cc([C@@H](NC(=O)[C@@H]5CC[C@@H]6CCCC[C@H](NC(=O)[C@H](C)NC)C(=O)N65)c5ccccc5)nn4)nn3)N2C1=O. The molecule has 0 aliphatic carbocycles. The number of rotatable bonds is 23. The highest BCUT2D eigenvalue weighted by atomic mass is 16.2. The second-order valence-corrected chi connectivity index (χ2v) is 21.3. The van der Waals surface area contributed by atoms with Gasteiger partial charge < -0.3 is 41.7 Å². The van der Waals surface area contributed by atoms with Crippen LogP contribution in [0.25, 0.3) is 0 Å². The number of hydrogen-bond donors (Lipinski definition) is 6. The maximum atomic E-state index is 14.3. The lowest BCUT2D eigenvalue weighted by Crippen LogP contribution is -2.58. The first-order valence-corrected chi connectivity index (χ1v) is 28.0. The Labute approximate surface area is 447 Å². The Bertz CT molecular complexity index is 2380. The van der Waals surface area contributed by atoms with Crippen LogP contribution >= 0.6 is 0 Å². The van der Waals surface area contributed by atoms with Crippen LogP contribution in [0.1, 0.15) is 164 Å². The molecular formula is C56H80N14O6. The van der Waals surface area contributed by atoms with Gasteiger partial charge in [-0.3, -0.25) is 38.1 Å². The van der Waals surface area contributed by atoms with Crippen LogP contribution in [0.3, 0.4) is 0 Å².